The van der Waals surface area contributed by atoms with E-state index in [-0.39, 0.29) is 0 Å². The summed E-state index contributed by atoms with van der Waals surface area (Å²) in [5.41, 5.74) is 7.14. The van der Waals surface area contributed by atoms with Gasteiger partial charge in [-0.2, -0.15) is 5.10 Å². The lowest BCUT2D eigenvalue weighted by atomic mass is 9.75. The molecule has 0 spiro atoms. The first-order chi connectivity index (χ1) is 14.0. The number of nitrogens with zero attached hydrogens (tertiary/aromatic N) is 2. The van der Waals surface area contributed by atoms with E-state index in [0.717, 1.165) is 11.3 Å². The third-order valence-electron chi connectivity index (χ3n) is 6.44. The Morgan fingerprint density at radius 1 is 1.03 bits per heavy atom. The molecule has 0 fully saturated rings. The molecule has 1 N–H and O–H groups in total. The van der Waals surface area contributed by atoms with E-state index in [1.165, 1.54) is 35.2 Å². The Bertz CT molecular complexity index is 956. The van der Waals surface area contributed by atoms with Crippen LogP contribution in [0.2, 0.25) is 0 Å². The van der Waals surface area contributed by atoms with Crippen LogP contribution in [-0.2, 0) is 6.54 Å². The maximum atomic E-state index is 11.0. The van der Waals surface area contributed by atoms with E-state index in [9.17, 15) is 5.11 Å². The zero-order valence-electron chi connectivity index (χ0n) is 18.0. The lowest BCUT2D eigenvalue weighted by Gasteiger charge is -2.31. The van der Waals surface area contributed by atoms with Crippen molar-refractivity contribution in [2.24, 2.45) is 5.92 Å². The van der Waals surface area contributed by atoms with E-state index in [1.54, 1.807) is 0 Å². The van der Waals surface area contributed by atoms with Crippen LogP contribution in [0.15, 0.2) is 54.6 Å². The summed E-state index contributed by atoms with van der Waals surface area (Å²) in [4.78, 5) is 0. The lowest BCUT2D eigenvalue weighted by molar-refractivity contribution is 0.148. The third kappa shape index (κ3) is 3.89. The predicted octanol–water partition coefficient (Wildman–Crippen LogP) is 6.23. The fraction of sp³-hybridized carbons (Fsp3) is 0.423. The molecular formula is C26H32N2O. The SMILES string of the molecule is Cc1ccc([C@@H](O)Cn2nc(-c3ccccc3)c3c2[C@H](C(C)C)CC[C@H]3C)cc1. The van der Waals surface area contributed by atoms with Crippen molar-refractivity contribution in [3.05, 3.63) is 77.0 Å². The molecule has 4 rings (SSSR count). The van der Waals surface area contributed by atoms with Crippen molar-refractivity contribution in [3.8, 4) is 11.3 Å². The van der Waals surface area contributed by atoms with Gasteiger partial charge in [-0.1, -0.05) is 80.9 Å². The lowest BCUT2D eigenvalue weighted by Crippen LogP contribution is -2.22. The van der Waals surface area contributed by atoms with E-state index >= 15 is 0 Å². The Morgan fingerprint density at radius 3 is 2.38 bits per heavy atom. The predicted molar refractivity (Wildman–Crippen MR) is 119 cm³/mol. The average molecular weight is 389 g/mol. The van der Waals surface area contributed by atoms with Crippen LogP contribution in [0.4, 0.5) is 0 Å². The molecule has 0 radical (unpaired) electrons. The highest BCUT2D eigenvalue weighted by Crippen LogP contribution is 2.46. The Kier molecular flexibility index (Phi) is 5.60. The van der Waals surface area contributed by atoms with E-state index < -0.39 is 6.10 Å². The average Bonchev–Trinajstić information content (AvgIpc) is 3.09. The van der Waals surface area contributed by atoms with Crippen molar-refractivity contribution in [1.82, 2.24) is 9.78 Å². The summed E-state index contributed by atoms with van der Waals surface area (Å²) >= 11 is 0. The summed E-state index contributed by atoms with van der Waals surface area (Å²) in [5.74, 6) is 1.52. The first kappa shape index (κ1) is 19.9. The van der Waals surface area contributed by atoms with Crippen LogP contribution < -0.4 is 0 Å². The number of fused-ring (bicyclic) bond motifs is 1. The number of aliphatic hydroxyl groups is 1. The van der Waals surface area contributed by atoms with Gasteiger partial charge in [-0.25, -0.2) is 0 Å². The highest BCUT2D eigenvalue weighted by molar-refractivity contribution is 5.66. The standard InChI is InChI=1S/C26H32N2O/c1-17(2)22-15-12-19(4)24-25(21-8-6-5-7-9-21)27-28(26(22)24)16-23(29)20-13-10-18(3)11-14-20/h5-11,13-14,17,19,22-23,29H,12,15-16H2,1-4H3/t19-,22+,23+/m1/s1. The van der Waals surface area contributed by atoms with E-state index in [0.29, 0.717) is 24.3 Å². The summed E-state index contributed by atoms with van der Waals surface area (Å²) in [6.45, 7) is 9.50. The molecule has 29 heavy (non-hydrogen) atoms. The van der Waals surface area contributed by atoms with Gasteiger partial charge in [0.25, 0.3) is 0 Å². The molecule has 0 aliphatic heterocycles. The van der Waals surface area contributed by atoms with Gasteiger partial charge in [-0.3, -0.25) is 4.68 Å². The number of aromatic nitrogens is 2. The van der Waals surface area contributed by atoms with Gasteiger partial charge in [0.2, 0.25) is 0 Å². The Labute approximate surface area is 174 Å². The van der Waals surface area contributed by atoms with Gasteiger partial charge in [0.05, 0.1) is 18.3 Å². The molecule has 0 unspecified atom stereocenters. The van der Waals surface area contributed by atoms with Crippen molar-refractivity contribution in [2.75, 3.05) is 0 Å². The van der Waals surface area contributed by atoms with Gasteiger partial charge < -0.3 is 5.11 Å². The van der Waals surface area contributed by atoms with E-state index in [4.69, 9.17) is 5.10 Å². The summed E-state index contributed by atoms with van der Waals surface area (Å²) in [6.07, 6.45) is 1.82. The maximum absolute atomic E-state index is 11.0. The van der Waals surface area contributed by atoms with Crippen molar-refractivity contribution >= 4 is 0 Å². The number of aliphatic hydroxyl groups excluding tert-OH is 1. The van der Waals surface area contributed by atoms with E-state index in [2.05, 4.69) is 74.8 Å². The van der Waals surface area contributed by atoms with Crippen LogP contribution >= 0.6 is 0 Å². The zero-order valence-corrected chi connectivity index (χ0v) is 18.0. The normalized spacial score (nSPS) is 19.9. The Balaban J connectivity index is 1.79. The van der Waals surface area contributed by atoms with Crippen molar-refractivity contribution in [3.63, 3.8) is 0 Å². The van der Waals surface area contributed by atoms with Gasteiger partial charge in [-0.05, 0) is 37.2 Å². The van der Waals surface area contributed by atoms with Crippen LogP contribution in [0, 0.1) is 12.8 Å². The van der Waals surface area contributed by atoms with Gasteiger partial charge in [-0.15, -0.1) is 0 Å². The van der Waals surface area contributed by atoms with Crippen molar-refractivity contribution in [1.29, 1.82) is 0 Å². The highest BCUT2D eigenvalue weighted by atomic mass is 16.3. The summed E-state index contributed by atoms with van der Waals surface area (Å²) < 4.78 is 2.11. The fourth-order valence-electron chi connectivity index (χ4n) is 4.73. The van der Waals surface area contributed by atoms with Crippen LogP contribution in [-0.4, -0.2) is 14.9 Å². The smallest absolute Gasteiger partial charge is 0.0986 e. The van der Waals surface area contributed by atoms with Gasteiger partial charge in [0.15, 0.2) is 0 Å². The molecule has 3 heteroatoms. The van der Waals surface area contributed by atoms with Crippen molar-refractivity contribution in [2.45, 2.75) is 65.0 Å². The molecule has 3 atom stereocenters. The quantitative estimate of drug-likeness (QED) is 0.563. The first-order valence-corrected chi connectivity index (χ1v) is 10.9. The molecule has 0 amide bonds. The summed E-state index contributed by atoms with van der Waals surface area (Å²) in [5, 5.41) is 16.1. The van der Waals surface area contributed by atoms with Gasteiger partial charge in [0.1, 0.15) is 0 Å². The number of hydrogen-bond acceptors (Lipinski definition) is 2. The summed E-state index contributed by atoms with van der Waals surface area (Å²) in [7, 11) is 0. The molecule has 0 saturated carbocycles. The minimum absolute atomic E-state index is 0.483. The first-order valence-electron chi connectivity index (χ1n) is 10.9. The van der Waals surface area contributed by atoms with Crippen LogP contribution in [0.1, 0.15) is 73.9 Å². The van der Waals surface area contributed by atoms with Crippen LogP contribution in [0.25, 0.3) is 11.3 Å². The third-order valence-corrected chi connectivity index (χ3v) is 6.44. The number of aryl methyl sites for hydroxylation is 1. The fourth-order valence-corrected chi connectivity index (χ4v) is 4.73. The molecular weight excluding hydrogens is 356 g/mol. The molecule has 0 saturated heterocycles. The highest BCUT2D eigenvalue weighted by Gasteiger charge is 2.34. The molecule has 2 aromatic carbocycles. The molecule has 1 aromatic heterocycles. The minimum Gasteiger partial charge on any atom is -0.386 e. The van der Waals surface area contributed by atoms with Crippen LogP contribution in [0.3, 0.4) is 0 Å². The molecule has 1 aliphatic rings. The van der Waals surface area contributed by atoms with Crippen LogP contribution in [0.5, 0.6) is 0 Å². The number of rotatable bonds is 5. The number of benzene rings is 2. The molecule has 1 heterocycles. The van der Waals surface area contributed by atoms with Gasteiger partial charge in [0, 0.05) is 22.7 Å². The molecule has 152 valence electrons. The molecule has 3 aromatic rings. The zero-order chi connectivity index (χ0) is 20.5. The maximum Gasteiger partial charge on any atom is 0.0986 e. The second kappa shape index (κ2) is 8.16. The second-order valence-electron chi connectivity index (χ2n) is 8.95. The number of hydrogen-bond donors (Lipinski definition) is 1. The Morgan fingerprint density at radius 2 is 1.72 bits per heavy atom. The van der Waals surface area contributed by atoms with Crippen molar-refractivity contribution < 1.29 is 5.11 Å². The molecule has 1 aliphatic carbocycles. The second-order valence-corrected chi connectivity index (χ2v) is 8.95. The minimum atomic E-state index is -0.562. The largest absolute Gasteiger partial charge is 0.386 e. The molecule has 3 nitrogen and oxygen atoms in total. The monoisotopic (exact) mass is 388 g/mol. The van der Waals surface area contributed by atoms with Gasteiger partial charge >= 0.3 is 0 Å². The summed E-state index contributed by atoms with van der Waals surface area (Å²) in [6, 6.07) is 18.7. The topological polar surface area (TPSA) is 38.0 Å². The Hall–Kier alpha value is -2.39. The molecule has 0 bridgehead atoms. The van der Waals surface area contributed by atoms with E-state index in [1.807, 2.05) is 12.1 Å².